The van der Waals surface area contributed by atoms with Crippen LogP contribution in [0.5, 0.6) is 0 Å². The molecular weight excluding hydrogens is 312 g/mol. The average molecular weight is 347 g/mol. The number of rotatable bonds is 2. The summed E-state index contributed by atoms with van der Waals surface area (Å²) in [6.07, 6.45) is 7.42. The van der Waals surface area contributed by atoms with Crippen molar-refractivity contribution in [3.8, 4) is 0 Å². The molecule has 3 aliphatic carbocycles. The van der Waals surface area contributed by atoms with Crippen molar-refractivity contribution in [1.29, 1.82) is 0 Å². The monoisotopic (exact) mass is 346 g/mol. The first-order valence-electron chi connectivity index (χ1n) is 9.53. The Morgan fingerprint density at radius 2 is 1.92 bits per heavy atom. The maximum absolute atomic E-state index is 12.3. The van der Waals surface area contributed by atoms with Gasteiger partial charge in [0, 0.05) is 11.8 Å². The summed E-state index contributed by atoms with van der Waals surface area (Å²) < 4.78 is 7.01. The van der Waals surface area contributed by atoms with E-state index in [4.69, 9.17) is 4.43 Å². The van der Waals surface area contributed by atoms with Gasteiger partial charge in [0.2, 0.25) is 0 Å². The third-order valence-corrected chi connectivity index (χ3v) is 11.7. The van der Waals surface area contributed by atoms with Gasteiger partial charge < -0.3 is 4.43 Å². The number of hydrogen-bond donors (Lipinski definition) is 0. The second kappa shape index (κ2) is 5.67. The second-order valence-corrected chi connectivity index (χ2v) is 14.8. The lowest BCUT2D eigenvalue weighted by Crippen LogP contribution is -2.49. The third kappa shape index (κ3) is 2.78. The Kier molecular flexibility index (Phi) is 4.28. The molecule has 134 valence electrons. The summed E-state index contributed by atoms with van der Waals surface area (Å²) in [4.78, 5) is 12.3. The molecule has 1 spiro atoms. The van der Waals surface area contributed by atoms with Gasteiger partial charge in [-0.15, -0.1) is 0 Å². The van der Waals surface area contributed by atoms with Gasteiger partial charge in [-0.25, -0.2) is 0 Å². The molecule has 0 amide bonds. The highest BCUT2D eigenvalue weighted by Crippen LogP contribution is 2.61. The van der Waals surface area contributed by atoms with Crippen LogP contribution in [0.15, 0.2) is 22.8 Å². The topological polar surface area (TPSA) is 26.3 Å². The van der Waals surface area contributed by atoms with E-state index in [0.717, 1.165) is 12.8 Å². The molecule has 3 aliphatic rings. The van der Waals surface area contributed by atoms with E-state index in [2.05, 4.69) is 47.7 Å². The minimum absolute atomic E-state index is 0.0274. The van der Waals surface area contributed by atoms with Crippen molar-refractivity contribution < 1.29 is 9.22 Å². The molecule has 2 saturated carbocycles. The maximum atomic E-state index is 12.3. The first-order valence-corrected chi connectivity index (χ1v) is 12.4. The fraction of sp³-hybridized carbons (Fsp3) is 0.762. The zero-order valence-electron chi connectivity index (χ0n) is 16.6. The predicted molar refractivity (Wildman–Crippen MR) is 103 cm³/mol. The molecule has 0 aromatic carbocycles. The van der Waals surface area contributed by atoms with Crippen LogP contribution in [0.3, 0.4) is 0 Å². The lowest BCUT2D eigenvalue weighted by molar-refractivity contribution is -0.116. The maximum Gasteiger partial charge on any atom is 0.192 e. The largest absolute Gasteiger partial charge is 0.413 e. The van der Waals surface area contributed by atoms with Crippen LogP contribution >= 0.6 is 0 Å². The number of hydrogen-bond acceptors (Lipinski definition) is 2. The van der Waals surface area contributed by atoms with Gasteiger partial charge in [-0.05, 0) is 69.7 Å². The molecule has 0 aromatic rings. The first kappa shape index (κ1) is 18.1. The van der Waals surface area contributed by atoms with Crippen LogP contribution in [0.25, 0.3) is 0 Å². The second-order valence-electron chi connectivity index (χ2n) is 10.1. The summed E-state index contributed by atoms with van der Waals surface area (Å²) in [6.45, 7) is 16.1. The van der Waals surface area contributed by atoms with Gasteiger partial charge in [0.05, 0.1) is 6.10 Å². The van der Waals surface area contributed by atoms with E-state index >= 15 is 0 Å². The summed E-state index contributed by atoms with van der Waals surface area (Å²) in [5.74, 6) is 0.914. The molecule has 2 bridgehead atoms. The lowest BCUT2D eigenvalue weighted by Gasteiger charge is -2.44. The first-order chi connectivity index (χ1) is 11.0. The summed E-state index contributed by atoms with van der Waals surface area (Å²) >= 11 is 0. The van der Waals surface area contributed by atoms with Crippen molar-refractivity contribution in [2.24, 2.45) is 11.3 Å². The molecule has 3 atom stereocenters. The summed E-state index contributed by atoms with van der Waals surface area (Å²) in [6, 6.07) is 0. The molecule has 0 aliphatic heterocycles. The van der Waals surface area contributed by atoms with Gasteiger partial charge in [-0.1, -0.05) is 37.5 Å². The highest BCUT2D eigenvalue weighted by Gasteiger charge is 2.59. The normalized spacial score (nSPS) is 33.4. The van der Waals surface area contributed by atoms with Crippen molar-refractivity contribution in [2.75, 3.05) is 0 Å². The molecule has 0 heterocycles. The fourth-order valence-electron chi connectivity index (χ4n) is 4.69. The standard InChI is InChI=1S/C21H34O2Si/c1-14(2)16-9-8-15-10-17-11-18(22)13-21(17,12-16)19(15)23-24(6,7)20(3,4)5/h11,15,19H,8-10,12-13H2,1-7H3. The van der Waals surface area contributed by atoms with Crippen molar-refractivity contribution in [1.82, 2.24) is 0 Å². The molecule has 3 rings (SSSR count). The van der Waals surface area contributed by atoms with Gasteiger partial charge in [0.15, 0.2) is 14.1 Å². The molecule has 2 fully saturated rings. The molecule has 0 saturated heterocycles. The van der Waals surface area contributed by atoms with Crippen LogP contribution in [0.2, 0.25) is 18.1 Å². The smallest absolute Gasteiger partial charge is 0.192 e. The SMILES string of the molecule is CC(C)=C1CCC2CC3=CC(=O)CC3(C1)C2O[Si](C)(C)C(C)(C)C. The predicted octanol–water partition coefficient (Wildman–Crippen LogP) is 5.80. The number of fused-ring (bicyclic) bond motifs is 1. The Balaban J connectivity index is 2.02. The number of carbonyl (C=O) groups is 1. The fourth-order valence-corrected chi connectivity index (χ4v) is 6.10. The average Bonchev–Trinajstić information content (AvgIpc) is 2.77. The van der Waals surface area contributed by atoms with Crippen LogP contribution in [0.4, 0.5) is 0 Å². The van der Waals surface area contributed by atoms with Crippen molar-refractivity contribution in [3.05, 3.63) is 22.8 Å². The molecule has 3 heteroatoms. The summed E-state index contributed by atoms with van der Waals surface area (Å²) in [7, 11) is -1.85. The highest BCUT2D eigenvalue weighted by molar-refractivity contribution is 6.74. The zero-order chi connectivity index (χ0) is 17.9. The number of allylic oxidation sites excluding steroid dienone is 3. The van der Waals surface area contributed by atoms with Gasteiger partial charge in [0.1, 0.15) is 0 Å². The molecule has 24 heavy (non-hydrogen) atoms. The van der Waals surface area contributed by atoms with Crippen molar-refractivity contribution in [3.63, 3.8) is 0 Å². The van der Waals surface area contributed by atoms with Crippen LogP contribution in [0, 0.1) is 11.3 Å². The number of ketones is 1. The van der Waals surface area contributed by atoms with E-state index in [-0.39, 0.29) is 16.6 Å². The summed E-state index contributed by atoms with van der Waals surface area (Å²) in [5, 5.41) is 0.210. The Bertz CT molecular complexity index is 616. The van der Waals surface area contributed by atoms with Gasteiger partial charge in [-0.2, -0.15) is 0 Å². The molecule has 0 radical (unpaired) electrons. The van der Waals surface area contributed by atoms with Gasteiger partial charge in [-0.3, -0.25) is 4.79 Å². The Morgan fingerprint density at radius 1 is 1.25 bits per heavy atom. The van der Waals surface area contributed by atoms with E-state index in [9.17, 15) is 4.79 Å². The Hall–Kier alpha value is -0.673. The molecular formula is C21H34O2Si. The van der Waals surface area contributed by atoms with Gasteiger partial charge in [0.25, 0.3) is 0 Å². The van der Waals surface area contributed by atoms with Crippen molar-refractivity contribution >= 4 is 14.1 Å². The van der Waals surface area contributed by atoms with Crippen LogP contribution in [-0.4, -0.2) is 20.2 Å². The van der Waals surface area contributed by atoms with E-state index < -0.39 is 8.32 Å². The van der Waals surface area contributed by atoms with Crippen LogP contribution < -0.4 is 0 Å². The van der Waals surface area contributed by atoms with E-state index in [1.807, 2.05) is 6.08 Å². The molecule has 0 N–H and O–H groups in total. The minimum Gasteiger partial charge on any atom is -0.413 e. The van der Waals surface area contributed by atoms with E-state index in [1.165, 1.54) is 24.0 Å². The number of carbonyl (C=O) groups excluding carboxylic acids is 1. The lowest BCUT2D eigenvalue weighted by atomic mass is 9.75. The van der Waals surface area contributed by atoms with Gasteiger partial charge >= 0.3 is 0 Å². The minimum atomic E-state index is -1.85. The molecule has 3 unspecified atom stereocenters. The summed E-state index contributed by atoms with van der Waals surface area (Å²) in [5.41, 5.74) is 4.39. The van der Waals surface area contributed by atoms with E-state index in [1.54, 1.807) is 5.57 Å². The third-order valence-electron chi connectivity index (χ3n) is 7.20. The molecule has 0 aromatic heterocycles. The van der Waals surface area contributed by atoms with Crippen LogP contribution in [0.1, 0.15) is 66.7 Å². The van der Waals surface area contributed by atoms with Crippen molar-refractivity contribution in [2.45, 2.75) is 91.0 Å². The quantitative estimate of drug-likeness (QED) is 0.466. The Labute approximate surface area is 148 Å². The molecule has 2 nitrogen and oxygen atoms in total. The van der Waals surface area contributed by atoms with E-state index in [0.29, 0.717) is 18.1 Å². The van der Waals surface area contributed by atoms with Crippen LogP contribution in [-0.2, 0) is 9.22 Å². The highest BCUT2D eigenvalue weighted by atomic mass is 28.4. The zero-order valence-corrected chi connectivity index (χ0v) is 17.6. The Morgan fingerprint density at radius 3 is 2.50 bits per heavy atom.